The van der Waals surface area contributed by atoms with Crippen LogP contribution in [0.3, 0.4) is 0 Å². The summed E-state index contributed by atoms with van der Waals surface area (Å²) in [6.45, 7) is 1.81. The monoisotopic (exact) mass is 202 g/mol. The maximum atomic E-state index is 10.8. The molecule has 1 aromatic rings. The largest absolute Gasteiger partial charge is 0.481 e. The summed E-state index contributed by atoms with van der Waals surface area (Å²) in [7, 11) is 1.69. The van der Waals surface area contributed by atoms with E-state index >= 15 is 0 Å². The van der Waals surface area contributed by atoms with Gasteiger partial charge in [-0.2, -0.15) is 5.10 Å². The number of hydrogen-bond acceptors (Lipinski definition) is 2. The molecule has 0 aliphatic rings. The molecule has 0 spiro atoms. The van der Waals surface area contributed by atoms with Crippen molar-refractivity contribution >= 4 is 17.6 Å². The van der Waals surface area contributed by atoms with Crippen LogP contribution in [-0.4, -0.2) is 20.9 Å². The molecule has 1 heterocycles. The van der Waals surface area contributed by atoms with Crippen LogP contribution in [0.2, 0.25) is 5.02 Å². The second kappa shape index (κ2) is 3.79. The summed E-state index contributed by atoms with van der Waals surface area (Å²) in [5.41, 5.74) is 0.566. The minimum atomic E-state index is -0.868. The van der Waals surface area contributed by atoms with Gasteiger partial charge < -0.3 is 5.11 Å². The fraction of sp³-hybridized carbons (Fsp3) is 0.500. The van der Waals surface area contributed by atoms with Crippen molar-refractivity contribution in [1.29, 1.82) is 0 Å². The first-order valence-electron chi connectivity index (χ1n) is 3.98. The van der Waals surface area contributed by atoms with E-state index in [-0.39, 0.29) is 0 Å². The zero-order valence-electron chi connectivity index (χ0n) is 7.49. The quantitative estimate of drug-likeness (QED) is 0.811. The fourth-order valence-electron chi connectivity index (χ4n) is 1.30. The maximum Gasteiger partial charge on any atom is 0.312 e. The molecule has 0 aliphatic carbocycles. The van der Waals surface area contributed by atoms with Crippen molar-refractivity contribution in [3.63, 3.8) is 0 Å². The Morgan fingerprint density at radius 2 is 2.46 bits per heavy atom. The molecular formula is C8H11ClN2O2. The number of halogens is 1. The molecule has 0 amide bonds. The van der Waals surface area contributed by atoms with Gasteiger partial charge in [-0.25, -0.2) is 0 Å². The summed E-state index contributed by atoms with van der Waals surface area (Å²) < 4.78 is 1.50. The molecule has 0 fully saturated rings. The van der Waals surface area contributed by atoms with Crippen LogP contribution in [0.4, 0.5) is 0 Å². The van der Waals surface area contributed by atoms with E-state index in [1.165, 1.54) is 10.9 Å². The lowest BCUT2D eigenvalue weighted by Crippen LogP contribution is -2.14. The van der Waals surface area contributed by atoms with Gasteiger partial charge in [-0.1, -0.05) is 18.5 Å². The van der Waals surface area contributed by atoms with Gasteiger partial charge in [0.25, 0.3) is 0 Å². The lowest BCUT2D eigenvalue weighted by Gasteiger charge is -2.10. The van der Waals surface area contributed by atoms with Crippen LogP contribution in [0, 0.1) is 0 Å². The van der Waals surface area contributed by atoms with Crippen LogP contribution < -0.4 is 0 Å². The molecule has 0 saturated carbocycles. The Morgan fingerprint density at radius 3 is 2.77 bits per heavy atom. The maximum absolute atomic E-state index is 10.8. The number of rotatable bonds is 3. The van der Waals surface area contributed by atoms with E-state index in [1.807, 2.05) is 6.92 Å². The van der Waals surface area contributed by atoms with Crippen LogP contribution in [0.15, 0.2) is 6.20 Å². The molecular weight excluding hydrogens is 192 g/mol. The highest BCUT2D eigenvalue weighted by molar-refractivity contribution is 6.31. The number of aliphatic carboxylic acids is 1. The van der Waals surface area contributed by atoms with Crippen LogP contribution in [0.1, 0.15) is 25.0 Å². The zero-order valence-corrected chi connectivity index (χ0v) is 8.25. The molecule has 5 heteroatoms. The predicted octanol–water partition coefficient (Wildman–Crippen LogP) is 1.65. The van der Waals surface area contributed by atoms with Gasteiger partial charge in [-0.05, 0) is 6.42 Å². The normalized spacial score (nSPS) is 12.8. The highest BCUT2D eigenvalue weighted by Gasteiger charge is 2.23. The molecule has 13 heavy (non-hydrogen) atoms. The van der Waals surface area contributed by atoms with E-state index in [1.54, 1.807) is 7.05 Å². The van der Waals surface area contributed by atoms with Gasteiger partial charge in [-0.3, -0.25) is 9.48 Å². The van der Waals surface area contributed by atoms with E-state index in [0.29, 0.717) is 17.1 Å². The van der Waals surface area contributed by atoms with Crippen molar-refractivity contribution in [2.45, 2.75) is 19.3 Å². The summed E-state index contributed by atoms with van der Waals surface area (Å²) in [4.78, 5) is 10.8. The summed E-state index contributed by atoms with van der Waals surface area (Å²) >= 11 is 5.82. The first-order valence-corrected chi connectivity index (χ1v) is 4.36. The number of nitrogens with zero attached hydrogens (tertiary/aromatic N) is 2. The Bertz CT molecular complexity index is 302. The highest BCUT2D eigenvalue weighted by Crippen LogP contribution is 2.26. The van der Waals surface area contributed by atoms with Crippen molar-refractivity contribution in [2.75, 3.05) is 0 Å². The summed E-state index contributed by atoms with van der Waals surface area (Å²) in [6.07, 6.45) is 1.97. The Labute approximate surface area is 81.1 Å². The standard InChI is InChI=1S/C8H11ClN2O2/c1-3-5(8(12)13)7-6(9)4-10-11(7)2/h4-5H,3H2,1-2H3,(H,12,13). The molecule has 0 radical (unpaired) electrons. The molecule has 1 aromatic heterocycles. The Kier molecular flexibility index (Phi) is 2.93. The SMILES string of the molecule is CCC(C(=O)O)c1c(Cl)cnn1C. The van der Waals surface area contributed by atoms with E-state index < -0.39 is 11.9 Å². The van der Waals surface area contributed by atoms with Crippen LogP contribution in [0.5, 0.6) is 0 Å². The Morgan fingerprint density at radius 1 is 1.85 bits per heavy atom. The smallest absolute Gasteiger partial charge is 0.312 e. The van der Waals surface area contributed by atoms with Crippen LogP contribution in [-0.2, 0) is 11.8 Å². The van der Waals surface area contributed by atoms with E-state index in [9.17, 15) is 4.79 Å². The summed E-state index contributed by atoms with van der Waals surface area (Å²) in [5, 5.41) is 13.2. The van der Waals surface area contributed by atoms with Gasteiger partial charge in [0.05, 0.1) is 22.8 Å². The highest BCUT2D eigenvalue weighted by atomic mass is 35.5. The molecule has 0 bridgehead atoms. The van der Waals surface area contributed by atoms with Gasteiger partial charge in [0.15, 0.2) is 0 Å². The molecule has 1 atom stereocenters. The topological polar surface area (TPSA) is 55.1 Å². The fourth-order valence-corrected chi connectivity index (χ4v) is 1.59. The third-order valence-electron chi connectivity index (χ3n) is 1.97. The minimum Gasteiger partial charge on any atom is -0.481 e. The average molecular weight is 203 g/mol. The lowest BCUT2D eigenvalue weighted by molar-refractivity contribution is -0.139. The number of aromatic nitrogens is 2. The molecule has 0 saturated heterocycles. The summed E-state index contributed by atoms with van der Waals surface area (Å²) in [6, 6.07) is 0. The van der Waals surface area contributed by atoms with Gasteiger partial charge in [0.1, 0.15) is 0 Å². The predicted molar refractivity (Wildman–Crippen MR) is 48.9 cm³/mol. The number of carboxylic acids is 1. The zero-order chi connectivity index (χ0) is 10.0. The molecule has 1 unspecified atom stereocenters. The minimum absolute atomic E-state index is 0.414. The van der Waals surface area contributed by atoms with E-state index in [4.69, 9.17) is 16.7 Å². The van der Waals surface area contributed by atoms with Crippen LogP contribution in [0.25, 0.3) is 0 Å². The lowest BCUT2D eigenvalue weighted by atomic mass is 10.0. The van der Waals surface area contributed by atoms with E-state index in [0.717, 1.165) is 0 Å². The number of aryl methyl sites for hydroxylation is 1. The molecule has 72 valence electrons. The van der Waals surface area contributed by atoms with Crippen molar-refractivity contribution in [3.8, 4) is 0 Å². The van der Waals surface area contributed by atoms with Crippen molar-refractivity contribution in [3.05, 3.63) is 16.9 Å². The number of carboxylic acid groups (broad SMARTS) is 1. The molecule has 1 N–H and O–H groups in total. The molecule has 0 aliphatic heterocycles. The number of carbonyl (C=O) groups is 1. The molecule has 4 nitrogen and oxygen atoms in total. The van der Waals surface area contributed by atoms with Crippen molar-refractivity contribution < 1.29 is 9.90 Å². The Hall–Kier alpha value is -1.03. The third-order valence-corrected chi connectivity index (χ3v) is 2.27. The summed E-state index contributed by atoms with van der Waals surface area (Å²) in [5.74, 6) is -1.44. The Balaban J connectivity index is 3.10. The molecule has 1 rings (SSSR count). The third kappa shape index (κ3) is 1.83. The molecule has 0 aromatic carbocycles. The first-order chi connectivity index (χ1) is 6.07. The number of hydrogen-bond donors (Lipinski definition) is 1. The van der Waals surface area contributed by atoms with Crippen LogP contribution >= 0.6 is 11.6 Å². The van der Waals surface area contributed by atoms with Gasteiger partial charge in [0.2, 0.25) is 0 Å². The second-order valence-corrected chi connectivity index (χ2v) is 3.21. The van der Waals surface area contributed by atoms with E-state index in [2.05, 4.69) is 5.10 Å². The van der Waals surface area contributed by atoms with Gasteiger partial charge >= 0.3 is 5.97 Å². The van der Waals surface area contributed by atoms with Crippen molar-refractivity contribution in [1.82, 2.24) is 9.78 Å². The first kappa shape index (κ1) is 10.1. The average Bonchev–Trinajstić information content (AvgIpc) is 2.36. The van der Waals surface area contributed by atoms with Crippen molar-refractivity contribution in [2.24, 2.45) is 7.05 Å². The van der Waals surface area contributed by atoms with Gasteiger partial charge in [-0.15, -0.1) is 0 Å². The second-order valence-electron chi connectivity index (χ2n) is 2.80. The van der Waals surface area contributed by atoms with Gasteiger partial charge in [0, 0.05) is 7.05 Å².